The number of nitrogens with two attached hydrogens (primary N) is 1. The average molecular weight is 906 g/mol. The maximum Gasteiger partial charge on any atom is 0.430 e. The number of aliphatic hydroxyl groups is 10. The van der Waals surface area contributed by atoms with Gasteiger partial charge in [0.1, 0.15) is 54.7 Å². The zero-order chi connectivity index (χ0) is 47.3. The van der Waals surface area contributed by atoms with E-state index in [1.54, 1.807) is 30.5 Å². The van der Waals surface area contributed by atoms with Crippen molar-refractivity contribution >= 4 is 45.8 Å². The van der Waals surface area contributed by atoms with Crippen LogP contribution in [0.3, 0.4) is 0 Å². The summed E-state index contributed by atoms with van der Waals surface area (Å²) >= 11 is 0. The second kappa shape index (κ2) is 23.5. The molecule has 3 heterocycles. The third kappa shape index (κ3) is 13.7. The fourth-order valence-corrected chi connectivity index (χ4v) is 6.46. The number of aromatic amines is 1. The van der Waals surface area contributed by atoms with Crippen LogP contribution in [-0.2, 0) is 24.4 Å². The number of nitrogens with one attached hydrogen (secondary N) is 3. The number of anilines is 1. The van der Waals surface area contributed by atoms with Crippen LogP contribution in [0.2, 0.25) is 0 Å². The second-order valence-corrected chi connectivity index (χ2v) is 14.2. The number of hydrogen-bond acceptors (Lipinski definition) is 18. The van der Waals surface area contributed by atoms with Crippen LogP contribution >= 0.6 is 0 Å². The van der Waals surface area contributed by atoms with Gasteiger partial charge in [0.25, 0.3) is 17.6 Å². The van der Waals surface area contributed by atoms with Crippen LogP contribution in [0, 0.1) is 0 Å². The van der Waals surface area contributed by atoms with E-state index in [-0.39, 0.29) is 37.6 Å². The number of aliphatic hydroxyl groups excluding tert-OH is 10. The molecule has 63 heavy (non-hydrogen) atoms. The number of carboxylic acids is 1. The van der Waals surface area contributed by atoms with E-state index < -0.39 is 99.1 Å². The fourth-order valence-electron chi connectivity index (χ4n) is 6.46. The SMILES string of the molecule is CCn1c(CNC(=O)c2nc3cc[nH]c3nc2N)[n+](CC)c2ccc(C(=O)NCCCN(C[C@H](O)[C@@H](O)[C@H](O)[C@H](O)CO)C[C@H](O)[C@@H](O)[C@H](O)[C@H](O)CO)cc21.O=C([O-])C(F)(F)F. The first kappa shape index (κ1) is 52.2. The summed E-state index contributed by atoms with van der Waals surface area (Å²) in [5.41, 5.74) is 8.88. The van der Waals surface area contributed by atoms with Crippen molar-refractivity contribution in [2.45, 2.75) is 94.9 Å². The van der Waals surface area contributed by atoms with Gasteiger partial charge in [0.2, 0.25) is 0 Å². The van der Waals surface area contributed by atoms with Crippen molar-refractivity contribution < 1.29 is 88.3 Å². The molecule has 0 aliphatic heterocycles. The second-order valence-electron chi connectivity index (χ2n) is 14.2. The summed E-state index contributed by atoms with van der Waals surface area (Å²) in [5, 5.41) is 114. The Morgan fingerprint density at radius 2 is 1.43 bits per heavy atom. The Morgan fingerprint density at radius 3 is 1.94 bits per heavy atom. The number of rotatable bonds is 22. The number of aromatic nitrogens is 5. The van der Waals surface area contributed by atoms with Crippen LogP contribution in [-0.4, -0.2) is 188 Å². The lowest BCUT2D eigenvalue weighted by atomic mass is 10.0. The van der Waals surface area contributed by atoms with E-state index in [0.717, 1.165) is 16.9 Å². The standard InChI is InChI=1S/C35H53N9O12.C2HF3O2/c1-3-43-20-7-6-18(12-21(20)44(4-2)26(43)13-39-35(56)27-32(36)41-33-19(40-27)8-10-37-33)34(55)38-9-5-11-42(14-22(47)28(51)30(53)24(49)16-45)15-23(48)29(52)31(54)25(50)17-46;3-2(4,5)1(6)7/h6-8,10,12,22-25,28-31,45-54H,3-5,9,11,13-17H2,1-2H3,(H4-,36,37,38,39,40,41,55,56);(H,6,7)/t22-,23-,24+,25+,28+,29+,30+,31+;/m0./s1. The van der Waals surface area contributed by atoms with Gasteiger partial charge in [0.15, 0.2) is 28.2 Å². The maximum absolute atomic E-state index is 13.3. The Morgan fingerprint density at radius 1 is 0.873 bits per heavy atom. The molecule has 0 fully saturated rings. The Labute approximate surface area is 356 Å². The number of aryl methyl sites for hydroxylation is 2. The first-order valence-corrected chi connectivity index (χ1v) is 19.5. The van der Waals surface area contributed by atoms with Crippen LogP contribution in [0.25, 0.3) is 22.2 Å². The molecule has 15 N–H and O–H groups in total. The zero-order valence-electron chi connectivity index (χ0n) is 34.1. The van der Waals surface area contributed by atoms with E-state index >= 15 is 0 Å². The summed E-state index contributed by atoms with van der Waals surface area (Å²) in [5.74, 6) is -3.17. The molecular weight excluding hydrogens is 851 g/mol. The maximum atomic E-state index is 13.3. The molecule has 26 heteroatoms. The van der Waals surface area contributed by atoms with Gasteiger partial charge in [-0.15, -0.1) is 0 Å². The van der Waals surface area contributed by atoms with E-state index in [9.17, 15) is 63.6 Å². The summed E-state index contributed by atoms with van der Waals surface area (Å²) in [6, 6.07) is 6.88. The number of nitrogen functional groups attached to an aromatic ring is 1. The molecule has 0 saturated heterocycles. The van der Waals surface area contributed by atoms with Crippen molar-refractivity contribution in [2.24, 2.45) is 0 Å². The van der Waals surface area contributed by atoms with Gasteiger partial charge >= 0.3 is 6.18 Å². The summed E-state index contributed by atoms with van der Waals surface area (Å²) in [7, 11) is 0. The fraction of sp³-hybridized carbons (Fsp3) is 0.568. The molecule has 8 atom stereocenters. The highest BCUT2D eigenvalue weighted by molar-refractivity contribution is 5.98. The molecule has 0 radical (unpaired) electrons. The molecule has 0 spiro atoms. The minimum atomic E-state index is -5.19. The number of H-pyrrole nitrogens is 1. The number of alkyl halides is 3. The molecule has 4 aromatic rings. The van der Waals surface area contributed by atoms with Crippen molar-refractivity contribution in [1.29, 1.82) is 0 Å². The molecule has 2 amide bonds. The Hall–Kier alpha value is -5.13. The molecule has 0 unspecified atom stereocenters. The van der Waals surface area contributed by atoms with Crippen LogP contribution in [0.1, 0.15) is 46.9 Å². The van der Waals surface area contributed by atoms with E-state index in [4.69, 9.17) is 25.8 Å². The van der Waals surface area contributed by atoms with Crippen LogP contribution in [0.15, 0.2) is 30.5 Å². The van der Waals surface area contributed by atoms with Gasteiger partial charge in [0, 0.05) is 44.0 Å². The molecular formula is C37H54F3N9O14. The topological polar surface area (TPSA) is 380 Å². The van der Waals surface area contributed by atoms with Crippen molar-refractivity contribution in [1.82, 2.24) is 35.1 Å². The van der Waals surface area contributed by atoms with Gasteiger partial charge in [0.05, 0.1) is 38.5 Å². The highest BCUT2D eigenvalue weighted by Gasteiger charge is 2.35. The van der Waals surface area contributed by atoms with Gasteiger partial charge in [-0.3, -0.25) is 14.5 Å². The minimum Gasteiger partial charge on any atom is -0.542 e. The molecule has 3 aromatic heterocycles. The van der Waals surface area contributed by atoms with Crippen molar-refractivity contribution in [3.05, 3.63) is 47.5 Å². The number of carbonyl (C=O) groups excluding carboxylic acids is 3. The number of aliphatic carboxylic acids is 1. The third-order valence-corrected chi connectivity index (χ3v) is 9.82. The molecule has 0 saturated carbocycles. The molecule has 23 nitrogen and oxygen atoms in total. The van der Waals surface area contributed by atoms with E-state index in [0.29, 0.717) is 29.8 Å². The monoisotopic (exact) mass is 905 g/mol. The first-order chi connectivity index (χ1) is 29.6. The lowest BCUT2D eigenvalue weighted by Crippen LogP contribution is -2.53. The van der Waals surface area contributed by atoms with Gasteiger partial charge in [-0.2, -0.15) is 13.2 Å². The van der Waals surface area contributed by atoms with Gasteiger partial charge in [-0.05, 0) is 38.5 Å². The highest BCUT2D eigenvalue weighted by Crippen LogP contribution is 2.19. The largest absolute Gasteiger partial charge is 0.542 e. The number of carboxylic acid groups (broad SMARTS) is 1. The number of halogens is 3. The molecule has 352 valence electrons. The number of imidazole rings is 1. The lowest BCUT2D eigenvalue weighted by Gasteiger charge is -2.33. The minimum absolute atomic E-state index is 0.00250. The smallest absolute Gasteiger partial charge is 0.430 e. The third-order valence-electron chi connectivity index (χ3n) is 9.82. The number of carbonyl (C=O) groups is 3. The predicted molar refractivity (Wildman–Crippen MR) is 210 cm³/mol. The Bertz CT molecular complexity index is 2090. The summed E-state index contributed by atoms with van der Waals surface area (Å²) in [6.07, 6.45) is -18.0. The van der Waals surface area contributed by atoms with Crippen molar-refractivity contribution in [2.75, 3.05) is 45.1 Å². The number of fused-ring (bicyclic) bond motifs is 2. The summed E-state index contributed by atoms with van der Waals surface area (Å²) in [4.78, 5) is 48.0. The molecule has 0 aliphatic rings. The van der Waals surface area contributed by atoms with E-state index in [2.05, 4.69) is 25.6 Å². The Balaban J connectivity index is 0.00000139. The first-order valence-electron chi connectivity index (χ1n) is 19.5. The quantitative estimate of drug-likeness (QED) is 0.0258. The molecule has 0 aliphatic carbocycles. The van der Waals surface area contributed by atoms with Crippen LogP contribution in [0.5, 0.6) is 0 Å². The van der Waals surface area contributed by atoms with Crippen molar-refractivity contribution in [3.63, 3.8) is 0 Å². The number of hydrogen-bond donors (Lipinski definition) is 14. The van der Waals surface area contributed by atoms with Gasteiger partial charge in [-0.25, -0.2) is 19.1 Å². The lowest BCUT2D eigenvalue weighted by molar-refractivity contribution is -0.676. The zero-order valence-corrected chi connectivity index (χ0v) is 34.1. The number of amides is 2. The molecule has 4 rings (SSSR count). The molecule has 1 aromatic carbocycles. The van der Waals surface area contributed by atoms with Crippen LogP contribution < -0.4 is 26.0 Å². The van der Waals surface area contributed by atoms with Crippen LogP contribution in [0.4, 0.5) is 19.0 Å². The predicted octanol–water partition coefficient (Wildman–Crippen LogP) is -5.66. The summed E-state index contributed by atoms with van der Waals surface area (Å²) < 4.78 is 35.5. The Kier molecular flexibility index (Phi) is 19.5. The van der Waals surface area contributed by atoms with Gasteiger partial charge in [-0.1, -0.05) is 0 Å². The normalized spacial score (nSPS) is 15.8. The number of nitrogens with zero attached hydrogens (tertiary/aromatic N) is 5. The molecule has 0 bridgehead atoms. The van der Waals surface area contributed by atoms with E-state index in [1.165, 1.54) is 4.90 Å². The average Bonchev–Trinajstić information content (AvgIpc) is 3.84. The summed E-state index contributed by atoms with van der Waals surface area (Å²) in [6.45, 7) is 2.57. The van der Waals surface area contributed by atoms with Crippen molar-refractivity contribution in [3.8, 4) is 0 Å². The van der Waals surface area contributed by atoms with Gasteiger partial charge < -0.3 is 82.3 Å². The highest BCUT2D eigenvalue weighted by atomic mass is 19.4. The number of benzene rings is 1. The van der Waals surface area contributed by atoms with E-state index in [1.807, 2.05) is 23.0 Å².